The fourth-order valence-electron chi connectivity index (χ4n) is 4.18. The quantitative estimate of drug-likeness (QED) is 0.742. The Labute approximate surface area is 184 Å². The monoisotopic (exact) mass is 421 g/mol. The van der Waals surface area contributed by atoms with Gasteiger partial charge in [-0.2, -0.15) is 0 Å². The molecule has 0 aliphatic carbocycles. The van der Waals surface area contributed by atoms with Crippen LogP contribution >= 0.6 is 0 Å². The van der Waals surface area contributed by atoms with Gasteiger partial charge in [0.1, 0.15) is 11.6 Å². The summed E-state index contributed by atoms with van der Waals surface area (Å²) in [6.45, 7) is 9.92. The van der Waals surface area contributed by atoms with Gasteiger partial charge in [-0.05, 0) is 31.0 Å². The summed E-state index contributed by atoms with van der Waals surface area (Å²) in [5.74, 6) is 2.44. The fourth-order valence-corrected chi connectivity index (χ4v) is 4.18. The Balaban J connectivity index is 1.33. The fraction of sp³-hybridized carbons (Fsp3) is 0.500. The summed E-state index contributed by atoms with van der Waals surface area (Å²) in [6, 6.07) is 9.86. The van der Waals surface area contributed by atoms with Crippen molar-refractivity contribution in [2.45, 2.75) is 46.0 Å². The first kappa shape index (κ1) is 21.3. The minimum absolute atomic E-state index is 0.145. The third-order valence-corrected chi connectivity index (χ3v) is 6.01. The van der Waals surface area contributed by atoms with Gasteiger partial charge in [-0.15, -0.1) is 0 Å². The zero-order valence-electron chi connectivity index (χ0n) is 18.7. The standard InChI is InChI=1S/C24H31N5O2/c1-17(2)24-25-18(3)15-21(26-24)27-11-13-28(14-12-27)23(31)16-19-6-8-20(9-7-19)29-10-4-5-22(29)30/h6-9,15,17H,4-5,10-14,16H2,1-3H3. The van der Waals surface area contributed by atoms with Crippen molar-refractivity contribution in [3.8, 4) is 0 Å². The summed E-state index contributed by atoms with van der Waals surface area (Å²) < 4.78 is 0. The second-order valence-electron chi connectivity index (χ2n) is 8.74. The average Bonchev–Trinajstić information content (AvgIpc) is 3.19. The summed E-state index contributed by atoms with van der Waals surface area (Å²) in [5.41, 5.74) is 2.88. The van der Waals surface area contributed by atoms with Gasteiger partial charge in [0.2, 0.25) is 11.8 Å². The van der Waals surface area contributed by atoms with Crippen molar-refractivity contribution < 1.29 is 9.59 Å². The second-order valence-corrected chi connectivity index (χ2v) is 8.74. The minimum Gasteiger partial charge on any atom is -0.353 e. The minimum atomic E-state index is 0.145. The first-order chi connectivity index (χ1) is 14.9. The highest BCUT2D eigenvalue weighted by molar-refractivity contribution is 5.95. The predicted molar refractivity (Wildman–Crippen MR) is 121 cm³/mol. The molecule has 2 aliphatic rings. The summed E-state index contributed by atoms with van der Waals surface area (Å²) in [6.07, 6.45) is 1.93. The number of rotatable bonds is 5. The number of anilines is 2. The lowest BCUT2D eigenvalue weighted by atomic mass is 10.1. The Hall–Kier alpha value is -2.96. The molecule has 7 heteroatoms. The number of amides is 2. The highest BCUT2D eigenvalue weighted by Gasteiger charge is 2.24. The van der Waals surface area contributed by atoms with E-state index in [-0.39, 0.29) is 17.7 Å². The SMILES string of the molecule is Cc1cc(N2CCN(C(=O)Cc3ccc(N4CCCC4=O)cc3)CC2)nc(C(C)C)n1. The third kappa shape index (κ3) is 4.86. The molecule has 0 saturated carbocycles. The molecule has 0 radical (unpaired) electrons. The molecule has 2 aliphatic heterocycles. The van der Waals surface area contributed by atoms with Crippen LogP contribution in [0.5, 0.6) is 0 Å². The number of piperazine rings is 1. The predicted octanol–water partition coefficient (Wildman–Crippen LogP) is 2.93. The van der Waals surface area contributed by atoms with Crippen LogP contribution in [0.1, 0.15) is 49.7 Å². The van der Waals surface area contributed by atoms with E-state index in [0.29, 0.717) is 25.9 Å². The Morgan fingerprint density at radius 2 is 1.74 bits per heavy atom. The molecule has 1 aromatic carbocycles. The maximum Gasteiger partial charge on any atom is 0.227 e. The van der Waals surface area contributed by atoms with Gasteiger partial charge in [0.15, 0.2) is 0 Å². The van der Waals surface area contributed by atoms with E-state index >= 15 is 0 Å². The molecule has 31 heavy (non-hydrogen) atoms. The van der Waals surface area contributed by atoms with Crippen LogP contribution in [0.25, 0.3) is 0 Å². The molecule has 7 nitrogen and oxygen atoms in total. The van der Waals surface area contributed by atoms with Crippen molar-refractivity contribution in [2.75, 3.05) is 42.5 Å². The lowest BCUT2D eigenvalue weighted by molar-refractivity contribution is -0.130. The molecule has 0 bridgehead atoms. The molecule has 164 valence electrons. The second kappa shape index (κ2) is 9.04. The Bertz CT molecular complexity index is 949. The van der Waals surface area contributed by atoms with Crippen molar-refractivity contribution in [2.24, 2.45) is 0 Å². The van der Waals surface area contributed by atoms with Crippen molar-refractivity contribution in [1.82, 2.24) is 14.9 Å². The van der Waals surface area contributed by atoms with Gasteiger partial charge < -0.3 is 14.7 Å². The van der Waals surface area contributed by atoms with Gasteiger partial charge in [0.25, 0.3) is 0 Å². The van der Waals surface area contributed by atoms with Crippen molar-refractivity contribution in [1.29, 1.82) is 0 Å². The molecule has 0 unspecified atom stereocenters. The Kier molecular flexibility index (Phi) is 6.20. The first-order valence-electron chi connectivity index (χ1n) is 11.2. The number of aromatic nitrogens is 2. The van der Waals surface area contributed by atoms with Crippen molar-refractivity contribution in [3.05, 3.63) is 47.4 Å². The van der Waals surface area contributed by atoms with Crippen LogP contribution in [0.4, 0.5) is 11.5 Å². The molecular formula is C24H31N5O2. The van der Waals surface area contributed by atoms with Crippen molar-refractivity contribution >= 4 is 23.3 Å². The van der Waals surface area contributed by atoms with Gasteiger partial charge in [0.05, 0.1) is 6.42 Å². The summed E-state index contributed by atoms with van der Waals surface area (Å²) >= 11 is 0. The van der Waals surface area contributed by atoms with E-state index in [9.17, 15) is 9.59 Å². The highest BCUT2D eigenvalue weighted by atomic mass is 16.2. The topological polar surface area (TPSA) is 69.6 Å². The maximum atomic E-state index is 12.8. The Morgan fingerprint density at radius 3 is 2.35 bits per heavy atom. The van der Waals surface area contributed by atoms with Gasteiger partial charge in [-0.3, -0.25) is 9.59 Å². The smallest absolute Gasteiger partial charge is 0.227 e. The van der Waals surface area contributed by atoms with Crippen molar-refractivity contribution in [3.63, 3.8) is 0 Å². The normalized spacial score (nSPS) is 17.0. The van der Waals surface area contributed by atoms with E-state index in [1.165, 1.54) is 0 Å². The zero-order chi connectivity index (χ0) is 22.0. The first-order valence-corrected chi connectivity index (χ1v) is 11.2. The summed E-state index contributed by atoms with van der Waals surface area (Å²) in [7, 11) is 0. The van der Waals surface area contributed by atoms with Gasteiger partial charge >= 0.3 is 0 Å². The van der Waals surface area contributed by atoms with Crippen LogP contribution < -0.4 is 9.80 Å². The molecule has 0 atom stereocenters. The van der Waals surface area contributed by atoms with Gasteiger partial charge in [0, 0.05) is 62.5 Å². The number of nitrogens with zero attached hydrogens (tertiary/aromatic N) is 5. The molecule has 3 heterocycles. The highest BCUT2D eigenvalue weighted by Crippen LogP contribution is 2.22. The maximum absolute atomic E-state index is 12.8. The van der Waals surface area contributed by atoms with E-state index in [1.807, 2.05) is 47.1 Å². The average molecular weight is 422 g/mol. The van der Waals surface area contributed by atoms with Gasteiger partial charge in [-0.25, -0.2) is 9.97 Å². The number of aryl methyl sites for hydroxylation is 1. The lowest BCUT2D eigenvalue weighted by Gasteiger charge is -2.35. The lowest BCUT2D eigenvalue weighted by Crippen LogP contribution is -2.49. The summed E-state index contributed by atoms with van der Waals surface area (Å²) in [5, 5.41) is 0. The van der Waals surface area contributed by atoms with Gasteiger partial charge in [-0.1, -0.05) is 26.0 Å². The molecule has 2 fully saturated rings. The molecular weight excluding hydrogens is 390 g/mol. The van der Waals surface area contributed by atoms with Crippen LogP contribution in [0.15, 0.2) is 30.3 Å². The zero-order valence-corrected chi connectivity index (χ0v) is 18.7. The number of hydrogen-bond acceptors (Lipinski definition) is 5. The van der Waals surface area contributed by atoms with E-state index in [4.69, 9.17) is 4.98 Å². The molecule has 1 aromatic heterocycles. The number of benzene rings is 1. The number of carbonyl (C=O) groups is 2. The van der Waals surface area contributed by atoms with Crippen LogP contribution in [0.2, 0.25) is 0 Å². The van der Waals surface area contributed by atoms with E-state index < -0.39 is 0 Å². The van der Waals surface area contributed by atoms with Crippen LogP contribution in [-0.4, -0.2) is 59.4 Å². The molecule has 2 amide bonds. The Morgan fingerprint density at radius 1 is 1.03 bits per heavy atom. The third-order valence-electron chi connectivity index (χ3n) is 6.01. The van der Waals surface area contributed by atoms with E-state index in [0.717, 1.165) is 54.6 Å². The van der Waals surface area contributed by atoms with Crippen LogP contribution in [0, 0.1) is 6.92 Å². The van der Waals surface area contributed by atoms with E-state index in [2.05, 4.69) is 23.7 Å². The molecule has 2 saturated heterocycles. The summed E-state index contributed by atoms with van der Waals surface area (Å²) in [4.78, 5) is 40.0. The van der Waals surface area contributed by atoms with Crippen LogP contribution in [0.3, 0.4) is 0 Å². The molecule has 0 N–H and O–H groups in total. The largest absolute Gasteiger partial charge is 0.353 e. The molecule has 4 rings (SSSR count). The van der Waals surface area contributed by atoms with Crippen LogP contribution in [-0.2, 0) is 16.0 Å². The number of hydrogen-bond donors (Lipinski definition) is 0. The molecule has 0 spiro atoms. The number of carbonyl (C=O) groups excluding carboxylic acids is 2. The molecule has 2 aromatic rings. The van der Waals surface area contributed by atoms with E-state index in [1.54, 1.807) is 0 Å².